The predicted octanol–water partition coefficient (Wildman–Crippen LogP) is 3.37. The van der Waals surface area contributed by atoms with E-state index in [1.54, 1.807) is 11.3 Å². The molecule has 0 atom stereocenters. The zero-order valence-corrected chi connectivity index (χ0v) is 16.0. The van der Waals surface area contributed by atoms with Gasteiger partial charge in [-0.2, -0.15) is 0 Å². The standard InChI is InChI=1S/C18H19N5O3S/c1-10-11(2)27-18-15(10)16(21-12(3)22-18)19-8-9-20-17(24)13-4-6-14(7-5-13)23(25)26/h4-7H,8-9H2,1-3H3,(H,20,24)(H,19,21,22). The lowest BCUT2D eigenvalue weighted by Crippen LogP contribution is -2.29. The van der Waals surface area contributed by atoms with Gasteiger partial charge in [0.25, 0.3) is 11.6 Å². The summed E-state index contributed by atoms with van der Waals surface area (Å²) in [5.41, 5.74) is 1.50. The maximum atomic E-state index is 12.1. The van der Waals surface area contributed by atoms with E-state index in [4.69, 9.17) is 0 Å². The Labute approximate surface area is 159 Å². The van der Waals surface area contributed by atoms with Crippen LogP contribution < -0.4 is 10.6 Å². The third kappa shape index (κ3) is 4.03. The zero-order valence-electron chi connectivity index (χ0n) is 15.2. The summed E-state index contributed by atoms with van der Waals surface area (Å²) in [6, 6.07) is 5.51. The number of thiophene rings is 1. The molecule has 1 amide bonds. The monoisotopic (exact) mass is 385 g/mol. The molecule has 1 aromatic carbocycles. The average molecular weight is 385 g/mol. The van der Waals surface area contributed by atoms with Crippen LogP contribution in [0.4, 0.5) is 11.5 Å². The Bertz CT molecular complexity index is 1010. The Balaban J connectivity index is 1.61. The zero-order chi connectivity index (χ0) is 19.6. The van der Waals surface area contributed by atoms with Crippen molar-refractivity contribution >= 4 is 39.0 Å². The SMILES string of the molecule is Cc1nc(NCCNC(=O)c2ccc([N+](=O)[O-])cc2)c2c(C)c(C)sc2n1. The molecule has 8 nitrogen and oxygen atoms in total. The molecule has 0 spiro atoms. The number of nitro benzene ring substituents is 1. The minimum Gasteiger partial charge on any atom is -0.368 e. The number of hydrogen-bond donors (Lipinski definition) is 2. The second-order valence-electron chi connectivity index (χ2n) is 6.07. The Morgan fingerprint density at radius 3 is 2.52 bits per heavy atom. The van der Waals surface area contributed by atoms with E-state index in [0.717, 1.165) is 21.6 Å². The van der Waals surface area contributed by atoms with Gasteiger partial charge >= 0.3 is 0 Å². The number of benzene rings is 1. The molecule has 0 unspecified atom stereocenters. The van der Waals surface area contributed by atoms with Crippen molar-refractivity contribution in [2.45, 2.75) is 20.8 Å². The lowest BCUT2D eigenvalue weighted by molar-refractivity contribution is -0.384. The molecule has 27 heavy (non-hydrogen) atoms. The van der Waals surface area contributed by atoms with Crippen molar-refractivity contribution in [1.82, 2.24) is 15.3 Å². The highest BCUT2D eigenvalue weighted by Gasteiger charge is 2.13. The van der Waals surface area contributed by atoms with Gasteiger partial charge in [0.05, 0.1) is 10.3 Å². The van der Waals surface area contributed by atoms with E-state index < -0.39 is 4.92 Å². The van der Waals surface area contributed by atoms with Gasteiger partial charge < -0.3 is 10.6 Å². The van der Waals surface area contributed by atoms with E-state index in [-0.39, 0.29) is 11.6 Å². The Morgan fingerprint density at radius 2 is 1.85 bits per heavy atom. The first-order chi connectivity index (χ1) is 12.9. The largest absolute Gasteiger partial charge is 0.368 e. The second kappa shape index (κ2) is 7.67. The number of nitrogens with zero attached hydrogens (tertiary/aromatic N) is 3. The van der Waals surface area contributed by atoms with Crippen LogP contribution >= 0.6 is 11.3 Å². The smallest absolute Gasteiger partial charge is 0.269 e. The van der Waals surface area contributed by atoms with E-state index in [1.165, 1.54) is 29.1 Å². The molecule has 0 fully saturated rings. The molecule has 2 heterocycles. The summed E-state index contributed by atoms with van der Waals surface area (Å²) in [6.45, 7) is 6.85. The fourth-order valence-electron chi connectivity index (χ4n) is 2.68. The predicted molar refractivity (Wildman–Crippen MR) is 106 cm³/mol. The van der Waals surface area contributed by atoms with Gasteiger partial charge in [-0.3, -0.25) is 14.9 Å². The molecule has 2 aromatic heterocycles. The average Bonchev–Trinajstić information content (AvgIpc) is 2.92. The molecule has 0 aliphatic heterocycles. The summed E-state index contributed by atoms with van der Waals surface area (Å²) < 4.78 is 0. The molecule has 0 aliphatic carbocycles. The maximum absolute atomic E-state index is 12.1. The Hall–Kier alpha value is -3.07. The molecule has 0 radical (unpaired) electrons. The number of fused-ring (bicyclic) bond motifs is 1. The summed E-state index contributed by atoms with van der Waals surface area (Å²) >= 11 is 1.64. The van der Waals surface area contributed by atoms with Crippen molar-refractivity contribution in [3.05, 3.63) is 56.2 Å². The van der Waals surface area contributed by atoms with E-state index >= 15 is 0 Å². The number of aromatic nitrogens is 2. The van der Waals surface area contributed by atoms with Crippen LogP contribution in [0, 0.1) is 30.9 Å². The maximum Gasteiger partial charge on any atom is 0.269 e. The number of nitrogens with one attached hydrogen (secondary N) is 2. The number of rotatable bonds is 6. The van der Waals surface area contributed by atoms with Crippen molar-refractivity contribution in [3.63, 3.8) is 0 Å². The molecular weight excluding hydrogens is 366 g/mol. The van der Waals surface area contributed by atoms with Crippen molar-refractivity contribution in [2.75, 3.05) is 18.4 Å². The number of nitro groups is 1. The number of carbonyl (C=O) groups is 1. The van der Waals surface area contributed by atoms with Crippen LogP contribution in [0.5, 0.6) is 0 Å². The Kier molecular flexibility index (Phi) is 5.31. The van der Waals surface area contributed by atoms with E-state index in [1.807, 2.05) is 6.92 Å². The molecule has 0 bridgehead atoms. The minimum absolute atomic E-state index is 0.0437. The second-order valence-corrected chi connectivity index (χ2v) is 7.27. The molecule has 0 saturated carbocycles. The molecule has 2 N–H and O–H groups in total. The highest BCUT2D eigenvalue weighted by molar-refractivity contribution is 7.18. The molecular formula is C18H19N5O3S. The fourth-order valence-corrected chi connectivity index (χ4v) is 3.75. The lowest BCUT2D eigenvalue weighted by Gasteiger charge is -2.09. The molecule has 0 saturated heterocycles. The van der Waals surface area contributed by atoms with Crippen LogP contribution in [0.2, 0.25) is 0 Å². The highest BCUT2D eigenvalue weighted by Crippen LogP contribution is 2.32. The van der Waals surface area contributed by atoms with Gasteiger partial charge in [0, 0.05) is 35.7 Å². The first-order valence-electron chi connectivity index (χ1n) is 8.37. The summed E-state index contributed by atoms with van der Waals surface area (Å²) in [7, 11) is 0. The minimum atomic E-state index is -0.496. The van der Waals surface area contributed by atoms with E-state index in [0.29, 0.717) is 24.5 Å². The number of anilines is 1. The van der Waals surface area contributed by atoms with Crippen molar-refractivity contribution in [1.29, 1.82) is 0 Å². The number of non-ortho nitro benzene ring substituents is 1. The van der Waals surface area contributed by atoms with Gasteiger partial charge in [0.1, 0.15) is 16.5 Å². The van der Waals surface area contributed by atoms with Crippen molar-refractivity contribution < 1.29 is 9.72 Å². The van der Waals surface area contributed by atoms with Gasteiger partial charge in [-0.25, -0.2) is 9.97 Å². The fraction of sp³-hybridized carbons (Fsp3) is 0.278. The molecule has 9 heteroatoms. The first-order valence-corrected chi connectivity index (χ1v) is 9.19. The summed E-state index contributed by atoms with van der Waals surface area (Å²) in [5.74, 6) is 1.18. The molecule has 0 aliphatic rings. The Morgan fingerprint density at radius 1 is 1.15 bits per heavy atom. The number of carbonyl (C=O) groups excluding carboxylic acids is 1. The van der Waals surface area contributed by atoms with Crippen LogP contribution in [0.25, 0.3) is 10.2 Å². The highest BCUT2D eigenvalue weighted by atomic mass is 32.1. The van der Waals surface area contributed by atoms with Gasteiger partial charge in [-0.05, 0) is 38.5 Å². The van der Waals surface area contributed by atoms with E-state index in [9.17, 15) is 14.9 Å². The van der Waals surface area contributed by atoms with Gasteiger partial charge in [-0.15, -0.1) is 11.3 Å². The van der Waals surface area contributed by atoms with Gasteiger partial charge in [-0.1, -0.05) is 0 Å². The van der Waals surface area contributed by atoms with Crippen LogP contribution in [0.1, 0.15) is 26.6 Å². The molecule has 3 rings (SSSR count). The summed E-state index contributed by atoms with van der Waals surface area (Å²) in [5, 5.41) is 17.7. The van der Waals surface area contributed by atoms with Crippen LogP contribution in [0.15, 0.2) is 24.3 Å². The quantitative estimate of drug-likeness (QED) is 0.382. The van der Waals surface area contributed by atoms with Crippen LogP contribution in [0.3, 0.4) is 0 Å². The summed E-state index contributed by atoms with van der Waals surface area (Å²) in [6.07, 6.45) is 0. The third-order valence-corrected chi connectivity index (χ3v) is 5.28. The number of hydrogen-bond acceptors (Lipinski definition) is 7. The number of aryl methyl sites for hydroxylation is 3. The van der Waals surface area contributed by atoms with Gasteiger partial charge in [0.2, 0.25) is 0 Å². The van der Waals surface area contributed by atoms with E-state index in [2.05, 4.69) is 34.4 Å². The summed E-state index contributed by atoms with van der Waals surface area (Å²) in [4.78, 5) is 33.4. The first kappa shape index (κ1) is 18.7. The topological polar surface area (TPSA) is 110 Å². The normalized spacial score (nSPS) is 10.8. The van der Waals surface area contributed by atoms with Gasteiger partial charge in [0.15, 0.2) is 0 Å². The lowest BCUT2D eigenvalue weighted by atomic mass is 10.2. The third-order valence-electron chi connectivity index (χ3n) is 4.18. The number of amides is 1. The molecule has 3 aromatic rings. The van der Waals surface area contributed by atoms with Crippen LogP contribution in [-0.2, 0) is 0 Å². The molecule has 140 valence electrons. The van der Waals surface area contributed by atoms with Crippen molar-refractivity contribution in [2.24, 2.45) is 0 Å². The van der Waals surface area contributed by atoms with Crippen molar-refractivity contribution in [3.8, 4) is 0 Å². The van der Waals surface area contributed by atoms with Crippen LogP contribution in [-0.4, -0.2) is 33.9 Å².